The molecule has 1 saturated carbocycles. The van der Waals surface area contributed by atoms with E-state index in [1.54, 1.807) is 12.1 Å². The third-order valence-corrected chi connectivity index (χ3v) is 3.40. The van der Waals surface area contributed by atoms with Gasteiger partial charge in [-0.3, -0.25) is 10.1 Å². The molecule has 5 heteroatoms. The molecule has 16 heavy (non-hydrogen) atoms. The summed E-state index contributed by atoms with van der Waals surface area (Å²) in [6.07, 6.45) is 2.65. The molecule has 4 nitrogen and oxygen atoms in total. The normalized spacial score (nSPS) is 17.1. The lowest BCUT2D eigenvalue weighted by atomic mass is 9.97. The van der Waals surface area contributed by atoms with Crippen LogP contribution in [0.15, 0.2) is 18.2 Å². The topological polar surface area (TPSA) is 63.4 Å². The summed E-state index contributed by atoms with van der Waals surface area (Å²) >= 11 is 5.72. The minimum Gasteiger partial charge on any atom is -0.396 e. The van der Waals surface area contributed by atoms with Gasteiger partial charge in [-0.05, 0) is 36.3 Å². The Bertz CT molecular complexity index is 429. The van der Waals surface area contributed by atoms with Crippen LogP contribution in [-0.4, -0.2) is 16.6 Å². The summed E-state index contributed by atoms with van der Waals surface area (Å²) in [6.45, 7) is 0.142. The largest absolute Gasteiger partial charge is 0.396 e. The van der Waals surface area contributed by atoms with Crippen molar-refractivity contribution in [1.82, 2.24) is 0 Å². The average Bonchev–Trinajstić information content (AvgIpc) is 3.01. The summed E-state index contributed by atoms with van der Waals surface area (Å²) in [5.74, 6) is 0. The van der Waals surface area contributed by atoms with Gasteiger partial charge in [0.05, 0.1) is 4.92 Å². The Morgan fingerprint density at radius 3 is 2.69 bits per heavy atom. The fraction of sp³-hybridized carbons (Fsp3) is 0.455. The zero-order valence-corrected chi connectivity index (χ0v) is 9.41. The van der Waals surface area contributed by atoms with E-state index in [1.807, 2.05) is 0 Å². The van der Waals surface area contributed by atoms with Gasteiger partial charge in [-0.1, -0.05) is 17.7 Å². The molecule has 1 N–H and O–H groups in total. The third-order valence-electron chi connectivity index (χ3n) is 3.08. The van der Waals surface area contributed by atoms with Gasteiger partial charge in [-0.25, -0.2) is 0 Å². The van der Waals surface area contributed by atoms with E-state index < -0.39 is 4.92 Å². The number of aliphatic hydroxyl groups is 1. The fourth-order valence-corrected chi connectivity index (χ4v) is 2.00. The number of nitro groups is 1. The molecular formula is C11H12ClNO3. The summed E-state index contributed by atoms with van der Waals surface area (Å²) in [5.41, 5.74) is 0.761. The van der Waals surface area contributed by atoms with Crippen LogP contribution in [0.5, 0.6) is 0 Å². The third kappa shape index (κ3) is 2.18. The van der Waals surface area contributed by atoms with Gasteiger partial charge in [-0.2, -0.15) is 0 Å². The van der Waals surface area contributed by atoms with E-state index in [1.165, 1.54) is 6.07 Å². The molecule has 0 atom stereocenters. The lowest BCUT2D eigenvalue weighted by molar-refractivity contribution is -0.384. The van der Waals surface area contributed by atoms with Crippen LogP contribution in [0, 0.1) is 15.5 Å². The van der Waals surface area contributed by atoms with Crippen molar-refractivity contribution in [2.45, 2.75) is 19.3 Å². The van der Waals surface area contributed by atoms with Crippen LogP contribution in [0.1, 0.15) is 18.4 Å². The molecule has 1 aliphatic carbocycles. The van der Waals surface area contributed by atoms with Crippen molar-refractivity contribution in [3.05, 3.63) is 38.9 Å². The van der Waals surface area contributed by atoms with Gasteiger partial charge in [0.1, 0.15) is 5.02 Å². The van der Waals surface area contributed by atoms with Gasteiger partial charge in [0.2, 0.25) is 0 Å². The van der Waals surface area contributed by atoms with Gasteiger partial charge in [0, 0.05) is 12.7 Å². The number of halogens is 1. The van der Waals surface area contributed by atoms with E-state index in [0.29, 0.717) is 6.42 Å². The summed E-state index contributed by atoms with van der Waals surface area (Å²) in [7, 11) is 0. The van der Waals surface area contributed by atoms with Crippen molar-refractivity contribution in [3.63, 3.8) is 0 Å². The first-order valence-electron chi connectivity index (χ1n) is 5.10. The molecule has 1 aromatic rings. The van der Waals surface area contributed by atoms with Crippen molar-refractivity contribution in [2.24, 2.45) is 5.41 Å². The molecule has 0 aromatic heterocycles. The van der Waals surface area contributed by atoms with Gasteiger partial charge in [-0.15, -0.1) is 0 Å². The van der Waals surface area contributed by atoms with Crippen LogP contribution in [0.3, 0.4) is 0 Å². The highest BCUT2D eigenvalue weighted by Crippen LogP contribution is 2.48. The maximum Gasteiger partial charge on any atom is 0.288 e. The zero-order chi connectivity index (χ0) is 11.8. The number of nitrogens with zero attached hydrogens (tertiary/aromatic N) is 1. The highest BCUT2D eigenvalue weighted by atomic mass is 35.5. The summed E-state index contributed by atoms with van der Waals surface area (Å²) in [6, 6.07) is 4.83. The Kier molecular flexibility index (Phi) is 2.86. The minimum absolute atomic E-state index is 0.0400. The molecule has 1 aromatic carbocycles. The molecule has 0 amide bonds. The van der Waals surface area contributed by atoms with Crippen LogP contribution in [0.25, 0.3) is 0 Å². The lowest BCUT2D eigenvalue weighted by Crippen LogP contribution is -2.10. The second-order valence-electron chi connectivity index (χ2n) is 4.38. The van der Waals surface area contributed by atoms with Crippen molar-refractivity contribution < 1.29 is 10.0 Å². The number of nitro benzene ring substituents is 1. The van der Waals surface area contributed by atoms with Crippen LogP contribution in [-0.2, 0) is 6.42 Å². The summed E-state index contributed by atoms with van der Waals surface area (Å²) in [4.78, 5) is 10.2. The molecule has 0 heterocycles. The van der Waals surface area contributed by atoms with E-state index in [4.69, 9.17) is 11.6 Å². The summed E-state index contributed by atoms with van der Waals surface area (Å²) in [5, 5.41) is 20.0. The van der Waals surface area contributed by atoms with E-state index in [-0.39, 0.29) is 22.7 Å². The Balaban J connectivity index is 2.23. The lowest BCUT2D eigenvalue weighted by Gasteiger charge is -2.11. The average molecular weight is 242 g/mol. The second kappa shape index (κ2) is 4.03. The zero-order valence-electron chi connectivity index (χ0n) is 8.65. The quantitative estimate of drug-likeness (QED) is 0.651. The molecule has 0 aliphatic heterocycles. The predicted molar refractivity (Wildman–Crippen MR) is 60.6 cm³/mol. The Morgan fingerprint density at radius 2 is 2.19 bits per heavy atom. The van der Waals surface area contributed by atoms with E-state index in [0.717, 1.165) is 18.4 Å². The van der Waals surface area contributed by atoms with Crippen molar-refractivity contribution in [1.29, 1.82) is 0 Å². The smallest absolute Gasteiger partial charge is 0.288 e. The maximum atomic E-state index is 10.7. The first-order chi connectivity index (χ1) is 7.56. The van der Waals surface area contributed by atoms with Crippen LogP contribution >= 0.6 is 11.6 Å². The molecule has 1 aliphatic rings. The first kappa shape index (κ1) is 11.4. The fourth-order valence-electron chi connectivity index (χ4n) is 1.81. The Morgan fingerprint density at radius 1 is 1.50 bits per heavy atom. The van der Waals surface area contributed by atoms with E-state index >= 15 is 0 Å². The Hall–Kier alpha value is -1.13. The standard InChI is InChI=1S/C11H12ClNO3/c12-9-2-1-8(5-10(9)13(15)16)6-11(7-14)3-4-11/h1-2,5,14H,3-4,6-7H2. The van der Waals surface area contributed by atoms with Gasteiger partial charge in [0.25, 0.3) is 5.69 Å². The highest BCUT2D eigenvalue weighted by molar-refractivity contribution is 6.32. The molecule has 0 spiro atoms. The van der Waals surface area contributed by atoms with Crippen LogP contribution in [0.4, 0.5) is 5.69 Å². The number of hydrogen-bond acceptors (Lipinski definition) is 3. The Labute approximate surface area is 98.0 Å². The highest BCUT2D eigenvalue weighted by Gasteiger charge is 2.41. The molecule has 0 saturated heterocycles. The SMILES string of the molecule is O=[N+]([O-])c1cc(CC2(CO)CC2)ccc1Cl. The molecular weight excluding hydrogens is 230 g/mol. The van der Waals surface area contributed by atoms with Crippen LogP contribution in [0.2, 0.25) is 5.02 Å². The molecule has 0 bridgehead atoms. The van der Waals surface area contributed by atoms with Gasteiger partial charge >= 0.3 is 0 Å². The summed E-state index contributed by atoms with van der Waals surface area (Å²) < 4.78 is 0. The molecule has 86 valence electrons. The van der Waals surface area contributed by atoms with Crippen LogP contribution < -0.4 is 0 Å². The number of benzene rings is 1. The van der Waals surface area contributed by atoms with Gasteiger partial charge < -0.3 is 5.11 Å². The molecule has 0 radical (unpaired) electrons. The first-order valence-corrected chi connectivity index (χ1v) is 5.48. The molecule has 2 rings (SSSR count). The number of hydrogen-bond donors (Lipinski definition) is 1. The molecule has 1 fully saturated rings. The monoisotopic (exact) mass is 241 g/mol. The predicted octanol–water partition coefficient (Wildman–Crippen LogP) is 2.56. The van der Waals surface area contributed by atoms with Crippen molar-refractivity contribution in [2.75, 3.05) is 6.61 Å². The van der Waals surface area contributed by atoms with E-state index in [2.05, 4.69) is 0 Å². The molecule has 0 unspecified atom stereocenters. The van der Waals surface area contributed by atoms with E-state index in [9.17, 15) is 15.2 Å². The van der Waals surface area contributed by atoms with Crippen molar-refractivity contribution >= 4 is 17.3 Å². The van der Waals surface area contributed by atoms with Crippen molar-refractivity contribution in [3.8, 4) is 0 Å². The number of rotatable bonds is 4. The maximum absolute atomic E-state index is 10.7. The van der Waals surface area contributed by atoms with Gasteiger partial charge in [0.15, 0.2) is 0 Å². The number of aliphatic hydroxyl groups excluding tert-OH is 1. The second-order valence-corrected chi connectivity index (χ2v) is 4.78. The minimum atomic E-state index is -0.482.